The summed E-state index contributed by atoms with van der Waals surface area (Å²) in [4.78, 5) is 25.0. The third-order valence-corrected chi connectivity index (χ3v) is 4.59. The second-order valence-corrected chi connectivity index (χ2v) is 6.72. The summed E-state index contributed by atoms with van der Waals surface area (Å²) in [6.45, 7) is 1.58. The van der Waals surface area contributed by atoms with Crippen LogP contribution in [0.25, 0.3) is 10.8 Å². The molecule has 1 amide bonds. The van der Waals surface area contributed by atoms with E-state index in [1.807, 2.05) is 0 Å². The molecule has 0 unspecified atom stereocenters. The molecule has 3 aromatic rings. The number of halogens is 2. The molecule has 0 spiro atoms. The van der Waals surface area contributed by atoms with Gasteiger partial charge in [-0.3, -0.25) is 9.59 Å². The average molecular weight is 405 g/mol. The molecule has 3 rings (SSSR count). The maximum Gasteiger partial charge on any atom is 0.258 e. The van der Waals surface area contributed by atoms with Gasteiger partial charge in [0.1, 0.15) is 5.82 Å². The van der Waals surface area contributed by atoms with Crippen molar-refractivity contribution in [2.75, 3.05) is 11.9 Å². The van der Waals surface area contributed by atoms with Crippen molar-refractivity contribution in [1.29, 1.82) is 0 Å². The monoisotopic (exact) mass is 404 g/mol. The summed E-state index contributed by atoms with van der Waals surface area (Å²) >= 11 is 5.72. The summed E-state index contributed by atoms with van der Waals surface area (Å²) in [6, 6.07) is 10.5. The highest BCUT2D eigenvalue weighted by Crippen LogP contribution is 2.22. The first kappa shape index (κ1) is 21.6. The molecule has 148 valence electrons. The number of nitrogens with zero attached hydrogens (tertiary/aromatic N) is 1. The fourth-order valence-electron chi connectivity index (χ4n) is 2.87. The summed E-state index contributed by atoms with van der Waals surface area (Å²) in [6.07, 6.45) is 1.43. The summed E-state index contributed by atoms with van der Waals surface area (Å²) in [5, 5.41) is 13.3. The smallest absolute Gasteiger partial charge is 0.258 e. The zero-order chi connectivity index (χ0) is 19.6. The van der Waals surface area contributed by atoms with E-state index in [0.29, 0.717) is 16.5 Å². The van der Waals surface area contributed by atoms with Crippen LogP contribution in [0.5, 0.6) is 0 Å². The highest BCUT2D eigenvalue weighted by atomic mass is 35.5. The number of hydrogen-bond donors (Lipinski definition) is 2. The van der Waals surface area contributed by atoms with Crippen LogP contribution in [0.1, 0.15) is 26.0 Å². The van der Waals surface area contributed by atoms with Gasteiger partial charge in [-0.05, 0) is 42.8 Å². The maximum atomic E-state index is 13.9. The molecule has 28 heavy (non-hydrogen) atoms. The Labute approximate surface area is 167 Å². The maximum absolute atomic E-state index is 13.9. The molecule has 0 saturated carbocycles. The van der Waals surface area contributed by atoms with Crippen LogP contribution in [0.15, 0.2) is 53.5 Å². The molecular weight excluding hydrogens is 383 g/mol. The van der Waals surface area contributed by atoms with Crippen LogP contribution in [-0.2, 0) is 11.2 Å². The van der Waals surface area contributed by atoms with Gasteiger partial charge >= 0.3 is 0 Å². The number of benzene rings is 2. The standard InChI is InChI=1S/C20H18ClFN2O3.CH4/c1-12(11-25)24-8-7-15-16(20(24)27)3-2-4-18(15)23-19(26)9-13-5-6-14(21)10-17(13)22;/h2-8,10,12,25H,9,11H2,1H3,(H,23,26);1H4/t12-;/m0./s1. The predicted octanol–water partition coefficient (Wildman–Crippen LogP) is 4.16. The molecule has 1 aromatic heterocycles. The van der Waals surface area contributed by atoms with Gasteiger partial charge < -0.3 is 15.0 Å². The van der Waals surface area contributed by atoms with Crippen LogP contribution in [0, 0.1) is 5.82 Å². The topological polar surface area (TPSA) is 71.3 Å². The van der Waals surface area contributed by atoms with E-state index in [-0.39, 0.29) is 42.6 Å². The van der Waals surface area contributed by atoms with Crippen molar-refractivity contribution < 1.29 is 14.3 Å². The normalized spacial score (nSPS) is 11.7. The molecular formula is C21H22ClFN2O3. The number of carbonyl (C=O) groups excluding carboxylic acids is 1. The Balaban J connectivity index is 0.00000280. The molecule has 0 radical (unpaired) electrons. The number of pyridine rings is 1. The fraction of sp³-hybridized carbons (Fsp3) is 0.238. The Morgan fingerprint density at radius 1 is 1.25 bits per heavy atom. The first-order chi connectivity index (χ1) is 12.9. The van der Waals surface area contributed by atoms with Gasteiger partial charge in [-0.25, -0.2) is 4.39 Å². The van der Waals surface area contributed by atoms with Crippen molar-refractivity contribution in [2.45, 2.75) is 26.8 Å². The molecule has 0 bridgehead atoms. The lowest BCUT2D eigenvalue weighted by Crippen LogP contribution is -2.25. The number of aromatic nitrogens is 1. The summed E-state index contributed by atoms with van der Waals surface area (Å²) in [5.41, 5.74) is 0.443. The van der Waals surface area contributed by atoms with Gasteiger partial charge in [-0.2, -0.15) is 0 Å². The van der Waals surface area contributed by atoms with Gasteiger partial charge in [0, 0.05) is 27.7 Å². The van der Waals surface area contributed by atoms with Crippen LogP contribution in [-0.4, -0.2) is 22.2 Å². The van der Waals surface area contributed by atoms with Gasteiger partial charge in [-0.15, -0.1) is 0 Å². The van der Waals surface area contributed by atoms with Crippen LogP contribution in [0.4, 0.5) is 10.1 Å². The van der Waals surface area contributed by atoms with Crippen LogP contribution < -0.4 is 10.9 Å². The Bertz CT molecular complexity index is 1070. The highest BCUT2D eigenvalue weighted by molar-refractivity contribution is 6.30. The highest BCUT2D eigenvalue weighted by Gasteiger charge is 2.13. The van der Waals surface area contributed by atoms with E-state index >= 15 is 0 Å². The van der Waals surface area contributed by atoms with Gasteiger partial charge in [0.2, 0.25) is 5.91 Å². The van der Waals surface area contributed by atoms with Gasteiger partial charge in [-0.1, -0.05) is 31.2 Å². The lowest BCUT2D eigenvalue weighted by Gasteiger charge is -2.14. The van der Waals surface area contributed by atoms with Crippen molar-refractivity contribution in [3.8, 4) is 0 Å². The Hall–Kier alpha value is -2.70. The number of amides is 1. The van der Waals surface area contributed by atoms with E-state index in [9.17, 15) is 19.1 Å². The first-order valence-electron chi connectivity index (χ1n) is 8.39. The fourth-order valence-corrected chi connectivity index (χ4v) is 3.03. The van der Waals surface area contributed by atoms with Crippen LogP contribution in [0.3, 0.4) is 0 Å². The number of nitrogens with one attached hydrogen (secondary N) is 1. The van der Waals surface area contributed by atoms with Gasteiger partial charge in [0.05, 0.1) is 19.1 Å². The Morgan fingerprint density at radius 2 is 2.00 bits per heavy atom. The lowest BCUT2D eigenvalue weighted by molar-refractivity contribution is -0.115. The van der Waals surface area contributed by atoms with Crippen LogP contribution >= 0.6 is 11.6 Å². The van der Waals surface area contributed by atoms with Crippen molar-refractivity contribution in [1.82, 2.24) is 4.57 Å². The first-order valence-corrected chi connectivity index (χ1v) is 8.77. The largest absolute Gasteiger partial charge is 0.394 e. The average Bonchev–Trinajstić information content (AvgIpc) is 2.64. The number of carbonyl (C=O) groups is 1. The summed E-state index contributed by atoms with van der Waals surface area (Å²) < 4.78 is 15.3. The molecule has 0 aliphatic rings. The molecule has 2 N–H and O–H groups in total. The van der Waals surface area contributed by atoms with E-state index in [1.165, 1.54) is 16.7 Å². The van der Waals surface area contributed by atoms with E-state index in [4.69, 9.17) is 11.6 Å². The lowest BCUT2D eigenvalue weighted by atomic mass is 10.1. The molecule has 1 heterocycles. The second kappa shape index (κ2) is 8.99. The molecule has 2 aromatic carbocycles. The predicted molar refractivity (Wildman–Crippen MR) is 110 cm³/mol. The van der Waals surface area contributed by atoms with Crippen molar-refractivity contribution in [2.24, 2.45) is 0 Å². The zero-order valence-corrected chi connectivity index (χ0v) is 15.3. The van der Waals surface area contributed by atoms with E-state index in [0.717, 1.165) is 6.07 Å². The van der Waals surface area contributed by atoms with Crippen LogP contribution in [0.2, 0.25) is 5.02 Å². The van der Waals surface area contributed by atoms with Crippen molar-refractivity contribution in [3.63, 3.8) is 0 Å². The molecule has 0 saturated heterocycles. The molecule has 5 nitrogen and oxygen atoms in total. The number of rotatable bonds is 5. The molecule has 0 aliphatic carbocycles. The molecule has 0 fully saturated rings. The van der Waals surface area contributed by atoms with Crippen molar-refractivity contribution in [3.05, 3.63) is 75.4 Å². The van der Waals surface area contributed by atoms with Crippen molar-refractivity contribution >= 4 is 34.0 Å². The number of hydrogen-bond acceptors (Lipinski definition) is 3. The second-order valence-electron chi connectivity index (χ2n) is 6.29. The number of aliphatic hydroxyl groups is 1. The summed E-state index contributed by atoms with van der Waals surface area (Å²) in [5.74, 6) is -0.951. The quantitative estimate of drug-likeness (QED) is 0.670. The number of anilines is 1. The minimum Gasteiger partial charge on any atom is -0.394 e. The van der Waals surface area contributed by atoms with E-state index < -0.39 is 11.7 Å². The molecule has 0 aliphatic heterocycles. The van der Waals surface area contributed by atoms with Gasteiger partial charge in [0.15, 0.2) is 0 Å². The summed E-state index contributed by atoms with van der Waals surface area (Å²) in [7, 11) is 0. The van der Waals surface area contributed by atoms with E-state index in [2.05, 4.69) is 5.32 Å². The molecule has 7 heteroatoms. The number of aliphatic hydroxyl groups excluding tert-OH is 1. The zero-order valence-electron chi connectivity index (χ0n) is 14.6. The molecule has 1 atom stereocenters. The minimum atomic E-state index is -0.545. The number of fused-ring (bicyclic) bond motifs is 1. The third-order valence-electron chi connectivity index (χ3n) is 4.35. The van der Waals surface area contributed by atoms with E-state index in [1.54, 1.807) is 37.4 Å². The minimum absolute atomic E-state index is 0. The SMILES string of the molecule is C.C[C@@H](CO)n1ccc2c(NC(=O)Cc3ccc(Cl)cc3F)cccc2c1=O. The van der Waals surface area contributed by atoms with Gasteiger partial charge in [0.25, 0.3) is 5.56 Å². The Morgan fingerprint density at radius 3 is 2.68 bits per heavy atom. The Kier molecular flexibility index (Phi) is 6.94. The third kappa shape index (κ3) is 4.40.